The SMILES string of the molecule is CCC(=O)Nc1sc2c(c1C(=O)Nc1ccccc1OC)CCC2. The van der Waals surface area contributed by atoms with Gasteiger partial charge in [0.25, 0.3) is 5.91 Å². The van der Waals surface area contributed by atoms with Crippen LogP contribution in [0.2, 0.25) is 0 Å². The number of ether oxygens (including phenoxy) is 1. The van der Waals surface area contributed by atoms with E-state index >= 15 is 0 Å². The quantitative estimate of drug-likeness (QED) is 0.866. The monoisotopic (exact) mass is 344 g/mol. The summed E-state index contributed by atoms with van der Waals surface area (Å²) < 4.78 is 5.29. The number of hydrogen-bond acceptors (Lipinski definition) is 4. The normalized spacial score (nSPS) is 12.6. The van der Waals surface area contributed by atoms with Gasteiger partial charge in [0.1, 0.15) is 10.8 Å². The highest BCUT2D eigenvalue weighted by Gasteiger charge is 2.27. The summed E-state index contributed by atoms with van der Waals surface area (Å²) in [6.45, 7) is 1.80. The third-order valence-corrected chi connectivity index (χ3v) is 5.28. The summed E-state index contributed by atoms with van der Waals surface area (Å²) in [5, 5.41) is 6.44. The lowest BCUT2D eigenvalue weighted by atomic mass is 10.1. The first-order valence-corrected chi connectivity index (χ1v) is 8.84. The van der Waals surface area contributed by atoms with Gasteiger partial charge < -0.3 is 15.4 Å². The molecule has 0 bridgehead atoms. The molecule has 1 aliphatic rings. The molecule has 1 heterocycles. The van der Waals surface area contributed by atoms with E-state index in [2.05, 4.69) is 10.6 Å². The minimum atomic E-state index is -0.203. The van der Waals surface area contributed by atoms with Gasteiger partial charge in [-0.2, -0.15) is 0 Å². The van der Waals surface area contributed by atoms with E-state index in [1.54, 1.807) is 26.2 Å². The Bertz CT molecular complexity index is 783. The van der Waals surface area contributed by atoms with Crippen LogP contribution in [0, 0.1) is 0 Å². The van der Waals surface area contributed by atoms with Crippen molar-refractivity contribution in [3.63, 3.8) is 0 Å². The second kappa shape index (κ2) is 7.05. The van der Waals surface area contributed by atoms with Crippen LogP contribution in [0.5, 0.6) is 5.75 Å². The Kier molecular flexibility index (Phi) is 4.85. The standard InChI is InChI=1S/C18H20N2O3S/c1-3-15(21)20-18-16(11-7-6-10-14(11)24-18)17(22)19-12-8-4-5-9-13(12)23-2/h4-5,8-9H,3,6-7,10H2,1-2H3,(H,19,22)(H,20,21). The highest BCUT2D eigenvalue weighted by atomic mass is 32.1. The van der Waals surface area contributed by atoms with E-state index in [0.717, 1.165) is 24.8 Å². The molecular weight excluding hydrogens is 324 g/mol. The number of amides is 2. The van der Waals surface area contributed by atoms with Crippen LogP contribution in [-0.4, -0.2) is 18.9 Å². The largest absolute Gasteiger partial charge is 0.495 e. The fraction of sp³-hybridized carbons (Fsp3) is 0.333. The Morgan fingerprint density at radius 3 is 2.75 bits per heavy atom. The summed E-state index contributed by atoms with van der Waals surface area (Å²) >= 11 is 1.52. The molecule has 0 saturated heterocycles. The van der Waals surface area contributed by atoms with Gasteiger partial charge in [-0.3, -0.25) is 9.59 Å². The molecule has 1 aromatic carbocycles. The third kappa shape index (κ3) is 3.14. The number of aryl methyl sites for hydroxylation is 1. The second-order valence-electron chi connectivity index (χ2n) is 5.62. The maximum Gasteiger partial charge on any atom is 0.259 e. The maximum absolute atomic E-state index is 12.9. The van der Waals surface area contributed by atoms with Gasteiger partial charge in [-0.1, -0.05) is 19.1 Å². The predicted octanol–water partition coefficient (Wildman–Crippen LogP) is 3.85. The number of carbonyl (C=O) groups is 2. The number of anilines is 2. The van der Waals surface area contributed by atoms with Crippen LogP contribution in [0.1, 0.15) is 40.6 Å². The molecule has 2 amide bonds. The molecule has 1 aromatic heterocycles. The predicted molar refractivity (Wildman–Crippen MR) is 96.2 cm³/mol. The molecule has 1 aliphatic carbocycles. The summed E-state index contributed by atoms with van der Waals surface area (Å²) in [5.41, 5.74) is 2.29. The number of rotatable bonds is 5. The smallest absolute Gasteiger partial charge is 0.259 e. The number of nitrogens with one attached hydrogen (secondary N) is 2. The Balaban J connectivity index is 1.92. The summed E-state index contributed by atoms with van der Waals surface area (Å²) in [7, 11) is 1.57. The third-order valence-electron chi connectivity index (χ3n) is 4.08. The molecule has 0 fully saturated rings. The molecule has 0 spiro atoms. The van der Waals surface area contributed by atoms with E-state index in [9.17, 15) is 9.59 Å². The first-order chi connectivity index (χ1) is 11.6. The summed E-state index contributed by atoms with van der Waals surface area (Å²) in [6.07, 6.45) is 3.29. The minimum Gasteiger partial charge on any atom is -0.495 e. The number of thiophene rings is 1. The number of para-hydroxylation sites is 2. The fourth-order valence-corrected chi connectivity index (χ4v) is 4.18. The van der Waals surface area contributed by atoms with Gasteiger partial charge in [0.2, 0.25) is 5.91 Å². The molecule has 0 atom stereocenters. The summed E-state index contributed by atoms with van der Waals surface area (Å²) in [4.78, 5) is 25.9. The molecule has 0 aliphatic heterocycles. The van der Waals surface area contributed by atoms with Crippen molar-refractivity contribution in [3.05, 3.63) is 40.3 Å². The van der Waals surface area contributed by atoms with Gasteiger partial charge in [-0.05, 0) is 37.0 Å². The van der Waals surface area contributed by atoms with Crippen molar-refractivity contribution in [1.29, 1.82) is 0 Å². The average Bonchev–Trinajstić information content (AvgIpc) is 3.15. The van der Waals surface area contributed by atoms with Gasteiger partial charge in [0.15, 0.2) is 0 Å². The molecule has 5 nitrogen and oxygen atoms in total. The molecule has 3 rings (SSSR count). The molecule has 6 heteroatoms. The fourth-order valence-electron chi connectivity index (χ4n) is 2.88. The lowest BCUT2D eigenvalue weighted by Gasteiger charge is -2.11. The van der Waals surface area contributed by atoms with Crippen molar-refractivity contribution in [1.82, 2.24) is 0 Å². The molecule has 0 saturated carbocycles. The average molecular weight is 344 g/mol. The Labute approximate surface area is 145 Å². The van der Waals surface area contributed by atoms with Crippen LogP contribution >= 0.6 is 11.3 Å². The molecule has 126 valence electrons. The number of benzene rings is 1. The molecule has 2 aromatic rings. The van der Waals surface area contributed by atoms with Crippen molar-refractivity contribution < 1.29 is 14.3 Å². The highest BCUT2D eigenvalue weighted by molar-refractivity contribution is 7.17. The van der Waals surface area contributed by atoms with Crippen LogP contribution in [0.25, 0.3) is 0 Å². The maximum atomic E-state index is 12.9. The molecule has 0 radical (unpaired) electrons. The van der Waals surface area contributed by atoms with Gasteiger partial charge >= 0.3 is 0 Å². The number of hydrogen-bond donors (Lipinski definition) is 2. The molecule has 24 heavy (non-hydrogen) atoms. The zero-order chi connectivity index (χ0) is 17.1. The van der Waals surface area contributed by atoms with E-state index in [1.165, 1.54) is 16.2 Å². The van der Waals surface area contributed by atoms with Gasteiger partial charge in [-0.25, -0.2) is 0 Å². The van der Waals surface area contributed by atoms with Gasteiger partial charge in [-0.15, -0.1) is 11.3 Å². The van der Waals surface area contributed by atoms with Crippen LogP contribution < -0.4 is 15.4 Å². The second-order valence-corrected chi connectivity index (χ2v) is 6.72. The van der Waals surface area contributed by atoms with E-state index in [0.29, 0.717) is 28.4 Å². The van der Waals surface area contributed by atoms with E-state index in [4.69, 9.17) is 4.74 Å². The Morgan fingerprint density at radius 2 is 2.00 bits per heavy atom. The van der Waals surface area contributed by atoms with Crippen molar-refractivity contribution in [2.75, 3.05) is 17.7 Å². The van der Waals surface area contributed by atoms with Gasteiger partial charge in [0.05, 0.1) is 18.4 Å². The minimum absolute atomic E-state index is 0.0822. The Morgan fingerprint density at radius 1 is 1.21 bits per heavy atom. The van der Waals surface area contributed by atoms with Gasteiger partial charge in [0, 0.05) is 11.3 Å². The highest BCUT2D eigenvalue weighted by Crippen LogP contribution is 2.39. The number of carbonyl (C=O) groups excluding carboxylic acids is 2. The zero-order valence-electron chi connectivity index (χ0n) is 13.8. The molecule has 2 N–H and O–H groups in total. The van der Waals surface area contributed by atoms with E-state index < -0.39 is 0 Å². The van der Waals surface area contributed by atoms with Crippen LogP contribution in [0.4, 0.5) is 10.7 Å². The van der Waals surface area contributed by atoms with E-state index in [1.807, 2.05) is 12.1 Å². The van der Waals surface area contributed by atoms with Crippen molar-refractivity contribution >= 4 is 33.8 Å². The van der Waals surface area contributed by atoms with Crippen molar-refractivity contribution in [2.45, 2.75) is 32.6 Å². The van der Waals surface area contributed by atoms with Crippen molar-refractivity contribution in [2.24, 2.45) is 0 Å². The van der Waals surface area contributed by atoms with E-state index in [-0.39, 0.29) is 11.8 Å². The lowest BCUT2D eigenvalue weighted by Crippen LogP contribution is -2.17. The van der Waals surface area contributed by atoms with Crippen LogP contribution in [0.3, 0.4) is 0 Å². The topological polar surface area (TPSA) is 67.4 Å². The first-order valence-electron chi connectivity index (χ1n) is 8.02. The molecular formula is C18H20N2O3S. The zero-order valence-corrected chi connectivity index (χ0v) is 14.6. The Hall–Kier alpha value is -2.34. The van der Waals surface area contributed by atoms with Crippen molar-refractivity contribution in [3.8, 4) is 5.75 Å². The van der Waals surface area contributed by atoms with Crippen LogP contribution in [-0.2, 0) is 17.6 Å². The molecule has 0 unspecified atom stereocenters. The number of methoxy groups -OCH3 is 1. The first kappa shape index (κ1) is 16.5. The lowest BCUT2D eigenvalue weighted by molar-refractivity contribution is -0.115. The summed E-state index contributed by atoms with van der Waals surface area (Å²) in [5.74, 6) is 0.323. The van der Waals surface area contributed by atoms with Crippen LogP contribution in [0.15, 0.2) is 24.3 Å². The summed E-state index contributed by atoms with van der Waals surface area (Å²) in [6, 6.07) is 7.29. The number of fused-ring (bicyclic) bond motifs is 1.